The largest absolute Gasteiger partial charge is 0.387 e. The fourth-order valence-electron chi connectivity index (χ4n) is 1.66. The minimum atomic E-state index is -0.309. The predicted molar refractivity (Wildman–Crippen MR) is 74.7 cm³/mol. The highest BCUT2D eigenvalue weighted by Gasteiger charge is 2.33. The molecule has 0 spiro atoms. The minimum absolute atomic E-state index is 0.309. The third kappa shape index (κ3) is 3.39. The van der Waals surface area contributed by atoms with E-state index in [1.165, 1.54) is 11.1 Å². The Balaban J connectivity index is 1.88. The molecule has 0 aromatic heterocycles. The number of hydrogen-bond donors (Lipinski definition) is 0. The highest BCUT2D eigenvalue weighted by atomic mass is 35.5. The van der Waals surface area contributed by atoms with Gasteiger partial charge in [0.15, 0.2) is 5.60 Å². The van der Waals surface area contributed by atoms with E-state index in [1.54, 1.807) is 11.8 Å². The van der Waals surface area contributed by atoms with Gasteiger partial charge in [-0.15, -0.1) is 23.4 Å². The number of aryl methyl sites for hydroxylation is 1. The first-order chi connectivity index (χ1) is 8.11. The van der Waals surface area contributed by atoms with Crippen molar-refractivity contribution in [3.8, 4) is 0 Å². The monoisotopic (exact) mass is 269 g/mol. The molecule has 1 unspecified atom stereocenters. The number of benzene rings is 1. The second-order valence-electron chi connectivity index (χ2n) is 4.61. The van der Waals surface area contributed by atoms with E-state index < -0.39 is 0 Å². The van der Waals surface area contributed by atoms with Gasteiger partial charge in [-0.25, -0.2) is 0 Å². The van der Waals surface area contributed by atoms with E-state index in [0.29, 0.717) is 5.88 Å². The third-order valence-corrected chi connectivity index (χ3v) is 4.26. The van der Waals surface area contributed by atoms with E-state index >= 15 is 0 Å². The molecular formula is C13H16ClNOS. The summed E-state index contributed by atoms with van der Waals surface area (Å²) in [5.41, 5.74) is 2.30. The molecule has 17 heavy (non-hydrogen) atoms. The summed E-state index contributed by atoms with van der Waals surface area (Å²) in [5.74, 6) is 1.41. The first-order valence-electron chi connectivity index (χ1n) is 5.61. The molecule has 4 heteroatoms. The predicted octanol–water partition coefficient (Wildman–Crippen LogP) is 3.96. The molecule has 1 heterocycles. The molecule has 1 aromatic carbocycles. The number of thioether (sulfide) groups is 1. The first kappa shape index (κ1) is 12.8. The van der Waals surface area contributed by atoms with Gasteiger partial charge in [-0.05, 0) is 19.4 Å². The van der Waals surface area contributed by atoms with Gasteiger partial charge in [-0.2, -0.15) is 0 Å². The maximum Gasteiger partial charge on any atom is 0.154 e. The summed E-state index contributed by atoms with van der Waals surface area (Å²) in [5, 5.41) is 5.13. The number of rotatable bonds is 3. The van der Waals surface area contributed by atoms with Crippen LogP contribution in [-0.2, 0) is 10.6 Å². The van der Waals surface area contributed by atoms with Crippen LogP contribution in [-0.4, -0.2) is 16.5 Å². The van der Waals surface area contributed by atoms with Gasteiger partial charge in [-0.1, -0.05) is 35.0 Å². The average Bonchev–Trinajstić information content (AvgIpc) is 2.70. The second kappa shape index (κ2) is 5.32. The van der Waals surface area contributed by atoms with E-state index in [0.717, 1.165) is 17.2 Å². The quantitative estimate of drug-likeness (QED) is 0.775. The molecule has 0 radical (unpaired) electrons. The van der Waals surface area contributed by atoms with Crippen molar-refractivity contribution >= 4 is 28.4 Å². The van der Waals surface area contributed by atoms with Crippen molar-refractivity contribution in [2.45, 2.75) is 31.6 Å². The van der Waals surface area contributed by atoms with Crippen molar-refractivity contribution in [3.05, 3.63) is 35.4 Å². The SMILES string of the molecule is Cc1cccc(CSC2=NOC(C)(CCl)C2)c1. The molecule has 0 saturated heterocycles. The lowest BCUT2D eigenvalue weighted by Gasteiger charge is -2.16. The standard InChI is InChI=1S/C13H16ClNOS/c1-10-4-3-5-11(6-10)8-17-12-7-13(2,9-14)16-15-12/h3-6H,7-9H2,1-2H3. The minimum Gasteiger partial charge on any atom is -0.387 e. The van der Waals surface area contributed by atoms with Crippen LogP contribution in [0, 0.1) is 6.92 Å². The van der Waals surface area contributed by atoms with Gasteiger partial charge in [0.2, 0.25) is 0 Å². The van der Waals surface area contributed by atoms with Crippen molar-refractivity contribution in [1.29, 1.82) is 0 Å². The van der Waals surface area contributed by atoms with Crippen LogP contribution in [0.5, 0.6) is 0 Å². The molecule has 2 rings (SSSR count). The van der Waals surface area contributed by atoms with Gasteiger partial charge in [0.1, 0.15) is 5.04 Å². The molecule has 0 fully saturated rings. The fraction of sp³-hybridized carbons (Fsp3) is 0.462. The van der Waals surface area contributed by atoms with Gasteiger partial charge >= 0.3 is 0 Å². The van der Waals surface area contributed by atoms with Gasteiger partial charge < -0.3 is 4.84 Å². The molecule has 92 valence electrons. The van der Waals surface area contributed by atoms with Gasteiger partial charge in [0.25, 0.3) is 0 Å². The highest BCUT2D eigenvalue weighted by Crippen LogP contribution is 2.30. The van der Waals surface area contributed by atoms with E-state index in [-0.39, 0.29) is 5.60 Å². The Morgan fingerprint density at radius 2 is 2.35 bits per heavy atom. The molecule has 0 bridgehead atoms. The van der Waals surface area contributed by atoms with Gasteiger partial charge in [-0.3, -0.25) is 0 Å². The Labute approximate surface area is 111 Å². The number of nitrogens with zero attached hydrogens (tertiary/aromatic N) is 1. The molecule has 0 saturated carbocycles. The van der Waals surface area contributed by atoms with Gasteiger partial charge in [0, 0.05) is 12.2 Å². The van der Waals surface area contributed by atoms with Crippen molar-refractivity contribution in [2.24, 2.45) is 5.16 Å². The van der Waals surface area contributed by atoms with Crippen LogP contribution in [0.25, 0.3) is 0 Å². The van der Waals surface area contributed by atoms with E-state index in [4.69, 9.17) is 16.4 Å². The Morgan fingerprint density at radius 3 is 3.00 bits per heavy atom. The number of oxime groups is 1. The van der Waals surface area contributed by atoms with Crippen molar-refractivity contribution in [2.75, 3.05) is 5.88 Å². The molecule has 2 nitrogen and oxygen atoms in total. The van der Waals surface area contributed by atoms with E-state index in [2.05, 4.69) is 36.3 Å². The van der Waals surface area contributed by atoms with Crippen molar-refractivity contribution < 1.29 is 4.84 Å². The average molecular weight is 270 g/mol. The van der Waals surface area contributed by atoms with E-state index in [9.17, 15) is 0 Å². The summed E-state index contributed by atoms with van der Waals surface area (Å²) in [6.45, 7) is 4.10. The van der Waals surface area contributed by atoms with Crippen LogP contribution in [0.15, 0.2) is 29.4 Å². The van der Waals surface area contributed by atoms with Crippen LogP contribution >= 0.6 is 23.4 Å². The van der Waals surface area contributed by atoms with Crippen LogP contribution < -0.4 is 0 Å². The second-order valence-corrected chi connectivity index (χ2v) is 5.93. The zero-order chi connectivity index (χ0) is 12.3. The van der Waals surface area contributed by atoms with Crippen LogP contribution in [0.2, 0.25) is 0 Å². The summed E-state index contributed by atoms with van der Waals surface area (Å²) >= 11 is 7.57. The Kier molecular flexibility index (Phi) is 4.00. The van der Waals surface area contributed by atoms with Gasteiger partial charge in [0.05, 0.1) is 5.88 Å². The summed E-state index contributed by atoms with van der Waals surface area (Å²) in [4.78, 5) is 5.35. The van der Waals surface area contributed by atoms with Crippen molar-refractivity contribution in [3.63, 3.8) is 0 Å². The summed E-state index contributed by atoms with van der Waals surface area (Å²) in [6, 6.07) is 8.53. The number of halogens is 1. The normalized spacial score (nSPS) is 23.4. The molecule has 0 aliphatic carbocycles. The molecule has 1 aliphatic rings. The topological polar surface area (TPSA) is 21.6 Å². The van der Waals surface area contributed by atoms with Crippen molar-refractivity contribution in [1.82, 2.24) is 0 Å². The Bertz CT molecular complexity index is 435. The summed E-state index contributed by atoms with van der Waals surface area (Å²) < 4.78 is 0. The lowest BCUT2D eigenvalue weighted by atomic mass is 10.1. The molecule has 1 aromatic rings. The molecule has 1 atom stereocenters. The highest BCUT2D eigenvalue weighted by molar-refractivity contribution is 8.13. The molecule has 0 N–H and O–H groups in total. The van der Waals surface area contributed by atoms with E-state index in [1.807, 2.05) is 6.92 Å². The first-order valence-corrected chi connectivity index (χ1v) is 7.13. The smallest absolute Gasteiger partial charge is 0.154 e. The van der Waals surface area contributed by atoms with Crippen LogP contribution in [0.3, 0.4) is 0 Å². The molecule has 1 aliphatic heterocycles. The number of alkyl halides is 1. The van der Waals surface area contributed by atoms with Crippen LogP contribution in [0.1, 0.15) is 24.5 Å². The molecular weight excluding hydrogens is 254 g/mol. The fourth-order valence-corrected chi connectivity index (χ4v) is 2.82. The lowest BCUT2D eigenvalue weighted by molar-refractivity contribution is 0.0152. The maximum atomic E-state index is 5.84. The third-order valence-electron chi connectivity index (χ3n) is 2.66. The molecule has 0 amide bonds. The zero-order valence-corrected chi connectivity index (χ0v) is 11.6. The summed E-state index contributed by atoms with van der Waals surface area (Å²) in [6.07, 6.45) is 0.812. The van der Waals surface area contributed by atoms with Crippen LogP contribution in [0.4, 0.5) is 0 Å². The lowest BCUT2D eigenvalue weighted by Crippen LogP contribution is -2.26. The maximum absolute atomic E-state index is 5.84. The Hall–Kier alpha value is -0.670. The summed E-state index contributed by atoms with van der Waals surface area (Å²) in [7, 11) is 0. The number of hydrogen-bond acceptors (Lipinski definition) is 3. The zero-order valence-electron chi connectivity index (χ0n) is 10.1. The Morgan fingerprint density at radius 1 is 1.53 bits per heavy atom.